The van der Waals surface area contributed by atoms with Crippen molar-refractivity contribution in [1.29, 1.82) is 0 Å². The molecule has 0 saturated heterocycles. The monoisotopic (exact) mass is 296 g/mol. The SMILES string of the molecule is CC(C)NCC(O)COc1ccc2c(c1)NC(=O)CS2. The van der Waals surface area contributed by atoms with Gasteiger partial charge in [0.15, 0.2) is 0 Å². The van der Waals surface area contributed by atoms with E-state index in [2.05, 4.69) is 10.6 Å². The molecule has 1 amide bonds. The van der Waals surface area contributed by atoms with Gasteiger partial charge in [0.05, 0.1) is 11.4 Å². The molecule has 1 aromatic rings. The summed E-state index contributed by atoms with van der Waals surface area (Å²) in [5.41, 5.74) is 0.776. The number of hydrogen-bond donors (Lipinski definition) is 3. The van der Waals surface area contributed by atoms with E-state index in [9.17, 15) is 9.90 Å². The van der Waals surface area contributed by atoms with E-state index < -0.39 is 6.10 Å². The maximum Gasteiger partial charge on any atom is 0.234 e. The molecule has 1 aromatic carbocycles. The lowest BCUT2D eigenvalue weighted by Gasteiger charge is -2.18. The fourth-order valence-corrected chi connectivity index (χ4v) is 2.56. The van der Waals surface area contributed by atoms with Crippen LogP contribution in [0.3, 0.4) is 0 Å². The number of amides is 1. The number of carbonyl (C=O) groups excluding carboxylic acids is 1. The number of anilines is 1. The second-order valence-corrected chi connectivity index (χ2v) is 6.04. The summed E-state index contributed by atoms with van der Waals surface area (Å²) >= 11 is 1.51. The maximum atomic E-state index is 11.3. The minimum absolute atomic E-state index is 0.000758. The highest BCUT2D eigenvalue weighted by Gasteiger charge is 2.16. The fourth-order valence-electron chi connectivity index (χ4n) is 1.78. The lowest BCUT2D eigenvalue weighted by atomic mass is 10.3. The van der Waals surface area contributed by atoms with E-state index in [-0.39, 0.29) is 12.5 Å². The third-order valence-corrected chi connectivity index (χ3v) is 3.86. The van der Waals surface area contributed by atoms with Crippen molar-refractivity contribution in [3.63, 3.8) is 0 Å². The lowest BCUT2D eigenvalue weighted by Crippen LogP contribution is -2.35. The highest BCUT2D eigenvalue weighted by atomic mass is 32.2. The van der Waals surface area contributed by atoms with Crippen molar-refractivity contribution in [1.82, 2.24) is 5.32 Å². The number of ether oxygens (including phenoxy) is 1. The molecular formula is C14H20N2O3S. The first-order valence-corrected chi connectivity index (χ1v) is 7.64. The summed E-state index contributed by atoms with van der Waals surface area (Å²) in [6, 6.07) is 5.90. The van der Waals surface area contributed by atoms with E-state index in [4.69, 9.17) is 4.74 Å². The largest absolute Gasteiger partial charge is 0.491 e. The normalized spacial score (nSPS) is 15.7. The average Bonchev–Trinajstić information content (AvgIpc) is 2.42. The summed E-state index contributed by atoms with van der Waals surface area (Å²) in [4.78, 5) is 12.4. The molecule has 5 nitrogen and oxygen atoms in total. The molecule has 1 aliphatic rings. The Morgan fingerprint density at radius 3 is 3.05 bits per heavy atom. The Kier molecular flexibility index (Phi) is 5.28. The van der Waals surface area contributed by atoms with Crippen LogP contribution >= 0.6 is 11.8 Å². The van der Waals surface area contributed by atoms with Crippen molar-refractivity contribution in [3.8, 4) is 5.75 Å². The first-order chi connectivity index (χ1) is 9.54. The van der Waals surface area contributed by atoms with E-state index in [0.717, 1.165) is 10.6 Å². The Labute approximate surface area is 123 Å². The van der Waals surface area contributed by atoms with Gasteiger partial charge in [-0.1, -0.05) is 13.8 Å². The molecule has 1 atom stereocenters. The van der Waals surface area contributed by atoms with Crippen molar-refractivity contribution in [3.05, 3.63) is 18.2 Å². The van der Waals surface area contributed by atoms with Crippen molar-refractivity contribution >= 4 is 23.4 Å². The summed E-state index contributed by atoms with van der Waals surface area (Å²) < 4.78 is 5.55. The third kappa shape index (κ3) is 4.40. The van der Waals surface area contributed by atoms with E-state index in [1.165, 1.54) is 11.8 Å². The predicted molar refractivity (Wildman–Crippen MR) is 80.4 cm³/mol. The van der Waals surface area contributed by atoms with Gasteiger partial charge in [0.2, 0.25) is 5.91 Å². The summed E-state index contributed by atoms with van der Waals surface area (Å²) in [6.07, 6.45) is -0.558. The molecule has 6 heteroatoms. The molecule has 3 N–H and O–H groups in total. The minimum Gasteiger partial charge on any atom is -0.491 e. The lowest BCUT2D eigenvalue weighted by molar-refractivity contribution is -0.113. The molecule has 110 valence electrons. The quantitative estimate of drug-likeness (QED) is 0.741. The highest BCUT2D eigenvalue weighted by Crippen LogP contribution is 2.34. The van der Waals surface area contributed by atoms with Crippen LogP contribution in [-0.4, -0.2) is 42.1 Å². The van der Waals surface area contributed by atoms with Gasteiger partial charge in [-0.2, -0.15) is 0 Å². The predicted octanol–water partition coefficient (Wildman–Crippen LogP) is 1.47. The molecular weight excluding hydrogens is 276 g/mol. The molecule has 0 aliphatic carbocycles. The number of rotatable bonds is 6. The number of fused-ring (bicyclic) bond motifs is 1. The Balaban J connectivity index is 1.87. The average molecular weight is 296 g/mol. The molecule has 20 heavy (non-hydrogen) atoms. The van der Waals surface area contributed by atoms with Gasteiger partial charge in [-0.15, -0.1) is 11.8 Å². The molecule has 1 heterocycles. The zero-order valence-corrected chi connectivity index (χ0v) is 12.5. The first-order valence-electron chi connectivity index (χ1n) is 6.65. The van der Waals surface area contributed by atoms with Gasteiger partial charge in [-0.05, 0) is 12.1 Å². The van der Waals surface area contributed by atoms with E-state index in [0.29, 0.717) is 24.1 Å². The van der Waals surface area contributed by atoms with E-state index >= 15 is 0 Å². The van der Waals surface area contributed by atoms with Crippen LogP contribution in [-0.2, 0) is 4.79 Å². The minimum atomic E-state index is -0.558. The summed E-state index contributed by atoms with van der Waals surface area (Å²) in [5.74, 6) is 1.10. The number of hydrogen-bond acceptors (Lipinski definition) is 5. The first kappa shape index (κ1) is 15.2. The standard InChI is InChI=1S/C14H20N2O3S/c1-9(2)15-6-10(17)7-19-11-3-4-13-12(5-11)16-14(18)8-20-13/h3-5,9-10,15,17H,6-8H2,1-2H3,(H,16,18). The van der Waals surface area contributed by atoms with Crippen LogP contribution in [0.15, 0.2) is 23.1 Å². The molecule has 0 spiro atoms. The molecule has 0 saturated carbocycles. The molecule has 0 bridgehead atoms. The maximum absolute atomic E-state index is 11.3. The number of aliphatic hydroxyl groups is 1. The van der Waals surface area contributed by atoms with Gasteiger partial charge >= 0.3 is 0 Å². The summed E-state index contributed by atoms with van der Waals surface area (Å²) in [7, 11) is 0. The number of carbonyl (C=O) groups is 1. The van der Waals surface area contributed by atoms with E-state index in [1.54, 1.807) is 6.07 Å². The van der Waals surface area contributed by atoms with Crippen molar-refractivity contribution < 1.29 is 14.6 Å². The van der Waals surface area contributed by atoms with Crippen LogP contribution in [0.25, 0.3) is 0 Å². The zero-order chi connectivity index (χ0) is 14.5. The van der Waals surface area contributed by atoms with E-state index in [1.807, 2.05) is 26.0 Å². The van der Waals surface area contributed by atoms with Gasteiger partial charge in [-0.3, -0.25) is 4.79 Å². The second-order valence-electron chi connectivity index (χ2n) is 5.02. The number of thioether (sulfide) groups is 1. The van der Waals surface area contributed by atoms with Crippen LogP contribution < -0.4 is 15.4 Å². The molecule has 0 fully saturated rings. The molecule has 1 unspecified atom stereocenters. The number of aliphatic hydroxyl groups excluding tert-OH is 1. The van der Waals surface area contributed by atoms with Crippen LogP contribution in [0.1, 0.15) is 13.8 Å². The van der Waals surface area contributed by atoms with Gasteiger partial charge < -0.3 is 20.5 Å². The van der Waals surface area contributed by atoms with Crippen molar-refractivity contribution in [2.75, 3.05) is 24.2 Å². The second kappa shape index (κ2) is 6.97. The molecule has 0 aromatic heterocycles. The van der Waals surface area contributed by atoms with Gasteiger partial charge in [-0.25, -0.2) is 0 Å². The number of nitrogens with one attached hydrogen (secondary N) is 2. The van der Waals surface area contributed by atoms with Gasteiger partial charge in [0, 0.05) is 23.5 Å². The topological polar surface area (TPSA) is 70.6 Å². The molecule has 1 aliphatic heterocycles. The van der Waals surface area contributed by atoms with Crippen LogP contribution in [0.2, 0.25) is 0 Å². The Morgan fingerprint density at radius 2 is 2.30 bits per heavy atom. The Morgan fingerprint density at radius 1 is 1.50 bits per heavy atom. The third-order valence-electron chi connectivity index (χ3n) is 2.79. The Hall–Kier alpha value is -1.24. The Bertz CT molecular complexity index is 479. The zero-order valence-electron chi connectivity index (χ0n) is 11.7. The van der Waals surface area contributed by atoms with Crippen LogP contribution in [0.4, 0.5) is 5.69 Å². The van der Waals surface area contributed by atoms with Crippen LogP contribution in [0.5, 0.6) is 5.75 Å². The van der Waals surface area contributed by atoms with Crippen molar-refractivity contribution in [2.24, 2.45) is 0 Å². The van der Waals surface area contributed by atoms with Crippen molar-refractivity contribution in [2.45, 2.75) is 30.9 Å². The van der Waals surface area contributed by atoms with Gasteiger partial charge in [0.1, 0.15) is 18.5 Å². The summed E-state index contributed by atoms with van der Waals surface area (Å²) in [6.45, 7) is 4.77. The molecule has 0 radical (unpaired) electrons. The van der Waals surface area contributed by atoms with Gasteiger partial charge in [0.25, 0.3) is 0 Å². The fraction of sp³-hybridized carbons (Fsp3) is 0.500. The highest BCUT2D eigenvalue weighted by molar-refractivity contribution is 8.00. The molecule has 2 rings (SSSR count). The number of benzene rings is 1. The summed E-state index contributed by atoms with van der Waals surface area (Å²) in [5, 5.41) is 15.7. The van der Waals surface area contributed by atoms with Crippen LogP contribution in [0, 0.1) is 0 Å². The smallest absolute Gasteiger partial charge is 0.234 e.